The van der Waals surface area contributed by atoms with E-state index in [2.05, 4.69) is 10.6 Å². The molecule has 0 bridgehead atoms. The van der Waals surface area contributed by atoms with Gasteiger partial charge in [-0.05, 0) is 61.0 Å². The molecule has 32 heavy (non-hydrogen) atoms. The molecule has 0 saturated heterocycles. The van der Waals surface area contributed by atoms with E-state index in [-0.39, 0.29) is 24.4 Å². The highest BCUT2D eigenvalue weighted by molar-refractivity contribution is 6.04. The van der Waals surface area contributed by atoms with Crippen molar-refractivity contribution in [1.29, 1.82) is 0 Å². The van der Waals surface area contributed by atoms with Crippen molar-refractivity contribution in [2.75, 3.05) is 5.32 Å². The highest BCUT2D eigenvalue weighted by Gasteiger charge is 2.15. The summed E-state index contributed by atoms with van der Waals surface area (Å²) >= 11 is 0. The molecule has 2 amide bonds. The van der Waals surface area contributed by atoms with Gasteiger partial charge < -0.3 is 15.1 Å². The Labute approximate surface area is 182 Å². The first-order chi connectivity index (χ1) is 15.4. The summed E-state index contributed by atoms with van der Waals surface area (Å²) in [7, 11) is 0. The number of nitrogens with one attached hydrogen (secondary N) is 2. The third kappa shape index (κ3) is 4.59. The Morgan fingerprint density at radius 2 is 1.69 bits per heavy atom. The smallest absolute Gasteiger partial charge is 0.408 e. The summed E-state index contributed by atoms with van der Waals surface area (Å²) in [5, 5.41) is 5.59. The highest BCUT2D eigenvalue weighted by Crippen LogP contribution is 2.17. The fraction of sp³-hybridized carbons (Fsp3) is 0.125. The SMILES string of the molecule is CC(NC(=O)Cn1c(=O)oc2ccccc21)c1ccc(NC(=O)c2ccc(F)cc2)cc1. The Hall–Kier alpha value is -4.20. The van der Waals surface area contributed by atoms with Crippen LogP contribution in [0.3, 0.4) is 0 Å². The third-order valence-corrected chi connectivity index (χ3v) is 5.03. The van der Waals surface area contributed by atoms with Gasteiger partial charge in [0.25, 0.3) is 5.91 Å². The molecule has 0 fully saturated rings. The van der Waals surface area contributed by atoms with Crippen molar-refractivity contribution in [3.8, 4) is 0 Å². The van der Waals surface area contributed by atoms with Gasteiger partial charge in [-0.1, -0.05) is 24.3 Å². The Balaban J connectivity index is 1.38. The van der Waals surface area contributed by atoms with Crippen LogP contribution in [0.4, 0.5) is 10.1 Å². The molecule has 7 nitrogen and oxygen atoms in total. The van der Waals surface area contributed by atoms with E-state index in [9.17, 15) is 18.8 Å². The molecule has 1 heterocycles. The Morgan fingerprint density at radius 3 is 2.41 bits per heavy atom. The van der Waals surface area contributed by atoms with Gasteiger partial charge in [-0.15, -0.1) is 0 Å². The van der Waals surface area contributed by atoms with Crippen LogP contribution in [0.1, 0.15) is 28.9 Å². The number of para-hydroxylation sites is 2. The molecule has 1 unspecified atom stereocenters. The van der Waals surface area contributed by atoms with Gasteiger partial charge in [0.05, 0.1) is 11.6 Å². The molecular formula is C24H20FN3O4. The number of benzene rings is 3. The number of rotatable bonds is 6. The van der Waals surface area contributed by atoms with Gasteiger partial charge in [0.1, 0.15) is 12.4 Å². The van der Waals surface area contributed by atoms with E-state index in [0.29, 0.717) is 22.4 Å². The fourth-order valence-electron chi connectivity index (χ4n) is 3.34. The van der Waals surface area contributed by atoms with Crippen LogP contribution in [0.15, 0.2) is 82.0 Å². The summed E-state index contributed by atoms with van der Waals surface area (Å²) in [4.78, 5) is 36.8. The quantitative estimate of drug-likeness (QED) is 0.483. The van der Waals surface area contributed by atoms with Crippen LogP contribution in [0.2, 0.25) is 0 Å². The molecule has 0 aliphatic rings. The zero-order valence-corrected chi connectivity index (χ0v) is 17.2. The number of anilines is 1. The van der Waals surface area contributed by atoms with E-state index < -0.39 is 11.6 Å². The van der Waals surface area contributed by atoms with Gasteiger partial charge in [-0.25, -0.2) is 9.18 Å². The third-order valence-electron chi connectivity index (χ3n) is 5.03. The van der Waals surface area contributed by atoms with Gasteiger partial charge in [-0.2, -0.15) is 0 Å². The molecule has 1 aromatic heterocycles. The topological polar surface area (TPSA) is 93.3 Å². The maximum absolute atomic E-state index is 13.0. The maximum Gasteiger partial charge on any atom is 0.420 e. The largest absolute Gasteiger partial charge is 0.420 e. The average Bonchev–Trinajstić information content (AvgIpc) is 3.09. The van der Waals surface area contributed by atoms with Crippen molar-refractivity contribution >= 4 is 28.6 Å². The minimum atomic E-state index is -0.588. The summed E-state index contributed by atoms with van der Waals surface area (Å²) in [5.41, 5.74) is 2.72. The number of carbonyl (C=O) groups excluding carboxylic acids is 2. The number of hydrogen-bond acceptors (Lipinski definition) is 4. The minimum Gasteiger partial charge on any atom is -0.408 e. The lowest BCUT2D eigenvalue weighted by Gasteiger charge is -2.15. The molecule has 0 saturated carbocycles. The van der Waals surface area contributed by atoms with Crippen LogP contribution >= 0.6 is 0 Å². The van der Waals surface area contributed by atoms with Gasteiger partial charge >= 0.3 is 5.76 Å². The molecule has 0 aliphatic heterocycles. The summed E-state index contributed by atoms with van der Waals surface area (Å²) in [5.74, 6) is -1.68. The van der Waals surface area contributed by atoms with E-state index in [1.807, 2.05) is 6.92 Å². The average molecular weight is 433 g/mol. The van der Waals surface area contributed by atoms with Crippen molar-refractivity contribution in [3.63, 3.8) is 0 Å². The zero-order chi connectivity index (χ0) is 22.7. The predicted octanol–water partition coefficient (Wildman–Crippen LogP) is 3.86. The van der Waals surface area contributed by atoms with Crippen molar-refractivity contribution < 1.29 is 18.4 Å². The maximum atomic E-state index is 13.0. The number of aromatic nitrogens is 1. The summed E-state index contributed by atoms with van der Waals surface area (Å²) in [6, 6.07) is 18.9. The number of fused-ring (bicyclic) bond motifs is 1. The molecule has 8 heteroatoms. The van der Waals surface area contributed by atoms with Crippen molar-refractivity contribution in [3.05, 3.63) is 100 Å². The van der Waals surface area contributed by atoms with Crippen LogP contribution in [0.25, 0.3) is 11.1 Å². The minimum absolute atomic E-state index is 0.161. The zero-order valence-electron chi connectivity index (χ0n) is 17.2. The number of hydrogen-bond donors (Lipinski definition) is 2. The molecule has 0 spiro atoms. The molecule has 0 aliphatic carbocycles. The number of halogens is 1. The standard InChI is InChI=1S/C24H20FN3O4/c1-15(26-22(29)14-28-20-4-2-3-5-21(20)32-24(28)31)16-8-12-19(13-9-16)27-23(30)17-6-10-18(25)11-7-17/h2-13,15H,14H2,1H3,(H,26,29)(H,27,30). The molecule has 4 aromatic rings. The second-order valence-electron chi connectivity index (χ2n) is 7.29. The molecule has 0 radical (unpaired) electrons. The number of amides is 2. The number of nitrogens with zero attached hydrogens (tertiary/aromatic N) is 1. The van der Waals surface area contributed by atoms with Gasteiger partial charge in [0.15, 0.2) is 5.58 Å². The molecule has 1 atom stereocenters. The van der Waals surface area contributed by atoms with Crippen molar-refractivity contribution in [1.82, 2.24) is 9.88 Å². The van der Waals surface area contributed by atoms with Gasteiger partial charge in [0, 0.05) is 11.3 Å². The molecule has 3 aromatic carbocycles. The van der Waals surface area contributed by atoms with Gasteiger partial charge in [0.2, 0.25) is 5.91 Å². The van der Waals surface area contributed by atoms with E-state index in [1.54, 1.807) is 48.5 Å². The predicted molar refractivity (Wildman–Crippen MR) is 118 cm³/mol. The van der Waals surface area contributed by atoms with Crippen LogP contribution < -0.4 is 16.4 Å². The molecular weight excluding hydrogens is 413 g/mol. The van der Waals surface area contributed by atoms with E-state index in [4.69, 9.17) is 4.42 Å². The van der Waals surface area contributed by atoms with Crippen LogP contribution in [-0.4, -0.2) is 16.4 Å². The van der Waals surface area contributed by atoms with E-state index in [1.165, 1.54) is 28.8 Å². The Bertz CT molecular complexity index is 1320. The first-order valence-corrected chi connectivity index (χ1v) is 9.95. The second kappa shape index (κ2) is 8.89. The Morgan fingerprint density at radius 1 is 1.00 bits per heavy atom. The molecule has 2 N–H and O–H groups in total. The summed E-state index contributed by atoms with van der Waals surface area (Å²) in [6.45, 7) is 1.66. The highest BCUT2D eigenvalue weighted by atomic mass is 19.1. The first-order valence-electron chi connectivity index (χ1n) is 9.95. The number of oxazole rings is 1. The van der Waals surface area contributed by atoms with E-state index in [0.717, 1.165) is 5.56 Å². The summed E-state index contributed by atoms with van der Waals surface area (Å²) in [6.07, 6.45) is 0. The first kappa shape index (κ1) is 21.0. The van der Waals surface area contributed by atoms with Crippen molar-refractivity contribution in [2.24, 2.45) is 0 Å². The van der Waals surface area contributed by atoms with Crippen LogP contribution in [0.5, 0.6) is 0 Å². The van der Waals surface area contributed by atoms with Crippen LogP contribution in [-0.2, 0) is 11.3 Å². The lowest BCUT2D eigenvalue weighted by molar-refractivity contribution is -0.122. The van der Waals surface area contributed by atoms with Crippen molar-refractivity contribution in [2.45, 2.75) is 19.5 Å². The number of carbonyl (C=O) groups is 2. The fourth-order valence-corrected chi connectivity index (χ4v) is 3.34. The van der Waals surface area contributed by atoms with Crippen LogP contribution in [0, 0.1) is 5.82 Å². The molecule has 4 rings (SSSR count). The molecule has 162 valence electrons. The van der Waals surface area contributed by atoms with E-state index >= 15 is 0 Å². The second-order valence-corrected chi connectivity index (χ2v) is 7.29. The normalized spacial score (nSPS) is 11.8. The van der Waals surface area contributed by atoms with Gasteiger partial charge in [-0.3, -0.25) is 14.2 Å². The Kier molecular flexibility index (Phi) is 5.85. The lowest BCUT2D eigenvalue weighted by atomic mass is 10.1. The lowest BCUT2D eigenvalue weighted by Crippen LogP contribution is -2.32. The monoisotopic (exact) mass is 433 g/mol. The summed E-state index contributed by atoms with van der Waals surface area (Å²) < 4.78 is 19.4.